The van der Waals surface area contributed by atoms with Crippen molar-refractivity contribution in [3.05, 3.63) is 36.0 Å². The second-order valence-corrected chi connectivity index (χ2v) is 6.15. The van der Waals surface area contributed by atoms with Gasteiger partial charge in [0.15, 0.2) is 0 Å². The third-order valence-corrected chi connectivity index (χ3v) is 4.22. The zero-order chi connectivity index (χ0) is 16.9. The van der Waals surface area contributed by atoms with Gasteiger partial charge in [0, 0.05) is 33.4 Å². The maximum Gasteiger partial charge on any atom is 0.318 e. The molecule has 0 bridgehead atoms. The smallest absolute Gasteiger partial charge is 0.318 e. The van der Waals surface area contributed by atoms with Gasteiger partial charge in [-0.1, -0.05) is 6.07 Å². The molecule has 0 aromatic carbocycles. The first-order chi connectivity index (χ1) is 11.6. The predicted molar refractivity (Wildman–Crippen MR) is 90.5 cm³/mol. The van der Waals surface area contributed by atoms with E-state index in [1.165, 1.54) is 6.33 Å². The lowest BCUT2D eigenvalue weighted by atomic mass is 10.0. The van der Waals surface area contributed by atoms with Crippen LogP contribution in [0.25, 0.3) is 0 Å². The van der Waals surface area contributed by atoms with E-state index in [-0.39, 0.29) is 12.1 Å². The summed E-state index contributed by atoms with van der Waals surface area (Å²) in [6.45, 7) is 1.19. The quantitative estimate of drug-likeness (QED) is 0.891. The van der Waals surface area contributed by atoms with Crippen LogP contribution in [0.3, 0.4) is 0 Å². The summed E-state index contributed by atoms with van der Waals surface area (Å²) in [6, 6.07) is 3.81. The number of H-pyrrole nitrogens is 1. The van der Waals surface area contributed by atoms with Crippen LogP contribution >= 0.6 is 0 Å². The first kappa shape index (κ1) is 16.2. The first-order valence-corrected chi connectivity index (χ1v) is 8.17. The number of hydrogen-bond donors (Lipinski definition) is 2. The van der Waals surface area contributed by atoms with Crippen molar-refractivity contribution >= 4 is 11.8 Å². The highest BCUT2D eigenvalue weighted by atomic mass is 16.2. The average molecular weight is 329 g/mol. The molecule has 2 aromatic rings. The van der Waals surface area contributed by atoms with Crippen molar-refractivity contribution in [2.75, 3.05) is 25.5 Å². The normalized spacial score (nSPS) is 17.6. The molecule has 2 amide bonds. The number of hydrogen-bond acceptors (Lipinski definition) is 5. The SMILES string of the molecule is CN(C)c1ccc(CNC(=O)N2CCCCC2c2ncn[nH]2)cn1. The van der Waals surface area contributed by atoms with Crippen molar-refractivity contribution in [3.63, 3.8) is 0 Å². The number of pyridine rings is 1. The van der Waals surface area contributed by atoms with E-state index in [0.717, 1.165) is 43.0 Å². The van der Waals surface area contributed by atoms with Crippen LogP contribution in [-0.2, 0) is 6.54 Å². The Kier molecular flexibility index (Phi) is 4.93. The molecule has 1 atom stereocenters. The van der Waals surface area contributed by atoms with E-state index in [0.29, 0.717) is 6.54 Å². The van der Waals surface area contributed by atoms with Gasteiger partial charge in [-0.2, -0.15) is 5.10 Å². The minimum Gasteiger partial charge on any atom is -0.363 e. The number of rotatable bonds is 4. The number of nitrogens with one attached hydrogen (secondary N) is 2. The van der Waals surface area contributed by atoms with E-state index in [9.17, 15) is 4.79 Å². The lowest BCUT2D eigenvalue weighted by Crippen LogP contribution is -2.44. The third kappa shape index (κ3) is 3.64. The van der Waals surface area contributed by atoms with Gasteiger partial charge in [-0.25, -0.2) is 14.8 Å². The number of piperidine rings is 1. The molecule has 2 aromatic heterocycles. The Morgan fingerprint density at radius 3 is 2.92 bits per heavy atom. The van der Waals surface area contributed by atoms with Crippen LogP contribution in [0.5, 0.6) is 0 Å². The number of anilines is 1. The number of likely N-dealkylation sites (tertiary alicyclic amines) is 1. The zero-order valence-electron chi connectivity index (χ0n) is 14.1. The van der Waals surface area contributed by atoms with Crippen molar-refractivity contribution in [1.29, 1.82) is 0 Å². The van der Waals surface area contributed by atoms with Crippen molar-refractivity contribution in [1.82, 2.24) is 30.4 Å². The largest absolute Gasteiger partial charge is 0.363 e. The highest BCUT2D eigenvalue weighted by Crippen LogP contribution is 2.28. The van der Waals surface area contributed by atoms with Gasteiger partial charge in [0.1, 0.15) is 18.0 Å². The summed E-state index contributed by atoms with van der Waals surface area (Å²) in [5.74, 6) is 1.65. The Labute approximate surface area is 141 Å². The highest BCUT2D eigenvalue weighted by Gasteiger charge is 2.29. The summed E-state index contributed by atoms with van der Waals surface area (Å²) in [5.41, 5.74) is 0.974. The Hall–Kier alpha value is -2.64. The van der Waals surface area contributed by atoms with Gasteiger partial charge in [-0.15, -0.1) is 0 Å². The van der Waals surface area contributed by atoms with Gasteiger partial charge >= 0.3 is 6.03 Å². The fraction of sp³-hybridized carbons (Fsp3) is 0.500. The maximum atomic E-state index is 12.6. The molecule has 0 radical (unpaired) electrons. The van der Waals surface area contributed by atoms with E-state index in [1.54, 1.807) is 6.20 Å². The van der Waals surface area contributed by atoms with Gasteiger partial charge in [-0.3, -0.25) is 5.10 Å². The molecule has 1 aliphatic heterocycles. The van der Waals surface area contributed by atoms with Crippen molar-refractivity contribution in [3.8, 4) is 0 Å². The summed E-state index contributed by atoms with van der Waals surface area (Å²) >= 11 is 0. The van der Waals surface area contributed by atoms with Crippen LogP contribution < -0.4 is 10.2 Å². The minimum absolute atomic E-state index is 0.0320. The lowest BCUT2D eigenvalue weighted by molar-refractivity contribution is 0.147. The second-order valence-electron chi connectivity index (χ2n) is 6.15. The Balaban J connectivity index is 1.61. The molecule has 3 rings (SSSR count). The van der Waals surface area contributed by atoms with Crippen molar-refractivity contribution < 1.29 is 4.79 Å². The molecule has 8 nitrogen and oxygen atoms in total. The van der Waals surface area contributed by atoms with Gasteiger partial charge in [0.25, 0.3) is 0 Å². The Morgan fingerprint density at radius 1 is 1.38 bits per heavy atom. The molecule has 0 aliphatic carbocycles. The number of amides is 2. The third-order valence-electron chi connectivity index (χ3n) is 4.22. The molecule has 1 saturated heterocycles. The molecule has 128 valence electrons. The van der Waals surface area contributed by atoms with Crippen LogP contribution in [0.1, 0.15) is 36.7 Å². The molecule has 2 N–H and O–H groups in total. The fourth-order valence-electron chi connectivity index (χ4n) is 2.90. The summed E-state index contributed by atoms with van der Waals surface area (Å²) in [5, 5.41) is 9.77. The molecule has 1 unspecified atom stereocenters. The highest BCUT2D eigenvalue weighted by molar-refractivity contribution is 5.74. The molecule has 0 spiro atoms. The molecule has 1 aliphatic rings. The van der Waals surface area contributed by atoms with E-state index in [2.05, 4.69) is 25.5 Å². The number of nitrogens with zero attached hydrogens (tertiary/aromatic N) is 5. The Bertz CT molecular complexity index is 654. The molecule has 24 heavy (non-hydrogen) atoms. The van der Waals surface area contributed by atoms with Crippen LogP contribution in [0, 0.1) is 0 Å². The number of carbonyl (C=O) groups excluding carboxylic acids is 1. The first-order valence-electron chi connectivity index (χ1n) is 8.17. The topological polar surface area (TPSA) is 90.0 Å². The standard InChI is InChI=1S/C16H23N7O/c1-22(2)14-7-6-12(9-17-14)10-18-16(24)23-8-4-3-5-13(23)15-19-11-20-21-15/h6-7,9,11,13H,3-5,8,10H2,1-2H3,(H,18,24)(H,19,20,21). The second kappa shape index (κ2) is 7.29. The van der Waals surface area contributed by atoms with Crippen LogP contribution in [0.4, 0.5) is 10.6 Å². The van der Waals surface area contributed by atoms with E-state index >= 15 is 0 Å². The van der Waals surface area contributed by atoms with Crippen LogP contribution in [0.2, 0.25) is 0 Å². The number of aromatic amines is 1. The Morgan fingerprint density at radius 2 is 2.25 bits per heavy atom. The molecule has 3 heterocycles. The van der Waals surface area contributed by atoms with E-state index < -0.39 is 0 Å². The maximum absolute atomic E-state index is 12.6. The summed E-state index contributed by atoms with van der Waals surface area (Å²) in [4.78, 5) is 24.9. The van der Waals surface area contributed by atoms with Crippen LogP contribution in [-0.4, -0.2) is 51.7 Å². The summed E-state index contributed by atoms with van der Waals surface area (Å²) in [7, 11) is 3.90. The fourth-order valence-corrected chi connectivity index (χ4v) is 2.90. The molecule has 0 saturated carbocycles. The van der Waals surface area contributed by atoms with E-state index in [1.807, 2.05) is 36.0 Å². The molecule has 1 fully saturated rings. The lowest BCUT2D eigenvalue weighted by Gasteiger charge is -2.34. The summed E-state index contributed by atoms with van der Waals surface area (Å²) in [6.07, 6.45) is 6.28. The van der Waals surface area contributed by atoms with Crippen LogP contribution in [0.15, 0.2) is 24.7 Å². The predicted octanol–water partition coefficient (Wildman–Crippen LogP) is 1.70. The van der Waals surface area contributed by atoms with E-state index in [4.69, 9.17) is 0 Å². The monoisotopic (exact) mass is 329 g/mol. The van der Waals surface area contributed by atoms with Crippen molar-refractivity contribution in [2.45, 2.75) is 31.8 Å². The minimum atomic E-state index is -0.0761. The van der Waals surface area contributed by atoms with Gasteiger partial charge in [-0.05, 0) is 30.9 Å². The van der Waals surface area contributed by atoms with Gasteiger partial charge in [0.2, 0.25) is 0 Å². The summed E-state index contributed by atoms with van der Waals surface area (Å²) < 4.78 is 0. The van der Waals surface area contributed by atoms with Crippen molar-refractivity contribution in [2.24, 2.45) is 0 Å². The van der Waals surface area contributed by atoms with Gasteiger partial charge in [0.05, 0.1) is 6.04 Å². The number of urea groups is 1. The molecular weight excluding hydrogens is 306 g/mol. The molecular formula is C16H23N7O. The number of aromatic nitrogens is 4. The average Bonchev–Trinajstić information content (AvgIpc) is 3.14. The zero-order valence-corrected chi connectivity index (χ0v) is 14.1. The molecule has 8 heteroatoms. The van der Waals surface area contributed by atoms with Gasteiger partial charge < -0.3 is 15.1 Å². The number of carbonyl (C=O) groups is 1.